The summed E-state index contributed by atoms with van der Waals surface area (Å²) in [6.45, 7) is 5.45. The van der Waals surface area contributed by atoms with Crippen LogP contribution in [0.5, 0.6) is 0 Å². The van der Waals surface area contributed by atoms with E-state index >= 15 is 0 Å². The molecule has 0 fully saturated rings. The first kappa shape index (κ1) is 41.4. The third kappa shape index (κ3) is 25.4. The number of amides is 1. The molecule has 1 amide bonds. The minimum Gasteiger partial charge on any atom is -0.481 e. The van der Waals surface area contributed by atoms with Gasteiger partial charge in [-0.3, -0.25) is 14.4 Å². The normalized spacial score (nSPS) is 12.9. The molecule has 2 unspecified atom stereocenters. The molecule has 0 radical (unpaired) electrons. The van der Waals surface area contributed by atoms with Crippen LogP contribution in [0.4, 0.5) is 0 Å². The lowest BCUT2D eigenvalue weighted by Gasteiger charge is -2.27. The molecule has 0 spiro atoms. The maximum atomic E-state index is 13.0. The van der Waals surface area contributed by atoms with Crippen molar-refractivity contribution in [2.24, 2.45) is 11.8 Å². The molecule has 0 aliphatic heterocycles. The second-order valence-electron chi connectivity index (χ2n) is 13.2. The first-order chi connectivity index (χ1) is 20.7. The summed E-state index contributed by atoms with van der Waals surface area (Å²) in [5.41, 5.74) is 0. The van der Waals surface area contributed by atoms with E-state index in [-0.39, 0.29) is 12.5 Å². The molecular formula is C36H70N2O5. The Kier molecular flexibility index (Phi) is 28.0. The van der Waals surface area contributed by atoms with Crippen LogP contribution in [0.3, 0.4) is 0 Å². The van der Waals surface area contributed by atoms with Crippen molar-refractivity contribution < 1.29 is 24.6 Å². The van der Waals surface area contributed by atoms with Crippen LogP contribution in [0.15, 0.2) is 0 Å². The average Bonchev–Trinajstić information content (AvgIpc) is 2.95. The molecule has 0 aromatic rings. The van der Waals surface area contributed by atoms with Crippen molar-refractivity contribution in [1.82, 2.24) is 9.80 Å². The zero-order valence-electron chi connectivity index (χ0n) is 28.8. The number of nitrogens with zero attached hydrogens (tertiary/aromatic N) is 2. The third-order valence-corrected chi connectivity index (χ3v) is 8.81. The Hall–Kier alpha value is -1.63. The first-order valence-corrected chi connectivity index (χ1v) is 18.1. The summed E-state index contributed by atoms with van der Waals surface area (Å²) in [5.74, 6) is -2.58. The fourth-order valence-electron chi connectivity index (χ4n) is 5.89. The fraction of sp³-hybridized carbons (Fsp3) is 0.917. The summed E-state index contributed by atoms with van der Waals surface area (Å²) in [6.07, 6.45) is 26.4. The van der Waals surface area contributed by atoms with Gasteiger partial charge in [-0.05, 0) is 39.8 Å². The second-order valence-corrected chi connectivity index (χ2v) is 13.2. The lowest BCUT2D eigenvalue weighted by atomic mass is 9.95. The van der Waals surface area contributed by atoms with E-state index in [0.717, 1.165) is 38.5 Å². The number of rotatable bonds is 32. The predicted molar refractivity (Wildman–Crippen MR) is 180 cm³/mol. The van der Waals surface area contributed by atoms with E-state index in [1.54, 1.807) is 4.90 Å². The summed E-state index contributed by atoms with van der Waals surface area (Å²) < 4.78 is 0. The molecule has 0 heterocycles. The molecule has 43 heavy (non-hydrogen) atoms. The largest absolute Gasteiger partial charge is 0.481 e. The molecule has 2 N–H and O–H groups in total. The monoisotopic (exact) mass is 611 g/mol. The topological polar surface area (TPSA) is 98.2 Å². The van der Waals surface area contributed by atoms with Gasteiger partial charge in [-0.25, -0.2) is 0 Å². The fourth-order valence-corrected chi connectivity index (χ4v) is 5.89. The smallest absolute Gasteiger partial charge is 0.306 e. The number of carbonyl (C=O) groups is 3. The van der Waals surface area contributed by atoms with E-state index in [0.29, 0.717) is 38.8 Å². The Morgan fingerprint density at radius 3 is 1.07 bits per heavy atom. The van der Waals surface area contributed by atoms with E-state index < -0.39 is 23.8 Å². The molecule has 0 aromatic carbocycles. The number of carboxylic acids is 2. The highest BCUT2D eigenvalue weighted by Crippen LogP contribution is 2.20. The van der Waals surface area contributed by atoms with Crippen LogP contribution in [0.2, 0.25) is 0 Å². The van der Waals surface area contributed by atoms with Gasteiger partial charge in [-0.2, -0.15) is 0 Å². The number of unbranched alkanes of at least 4 members (excludes halogenated alkanes) is 18. The summed E-state index contributed by atoms with van der Waals surface area (Å²) in [4.78, 5) is 40.5. The Morgan fingerprint density at radius 2 is 0.791 bits per heavy atom. The van der Waals surface area contributed by atoms with E-state index in [2.05, 4.69) is 13.8 Å². The Balaban J connectivity index is 4.57. The third-order valence-electron chi connectivity index (χ3n) is 8.81. The SMILES string of the molecule is CCCCCCCCCCCCC(CCN(CCC(CCCCCCCCCCCC)C(=O)O)C(=O)CN(C)C)C(=O)O. The van der Waals surface area contributed by atoms with Crippen LogP contribution in [0.25, 0.3) is 0 Å². The highest BCUT2D eigenvalue weighted by atomic mass is 16.4. The number of hydrogen-bond donors (Lipinski definition) is 2. The molecule has 254 valence electrons. The maximum Gasteiger partial charge on any atom is 0.306 e. The van der Waals surface area contributed by atoms with Gasteiger partial charge in [0.2, 0.25) is 5.91 Å². The number of hydrogen-bond acceptors (Lipinski definition) is 4. The molecule has 0 bridgehead atoms. The van der Waals surface area contributed by atoms with Gasteiger partial charge in [0.15, 0.2) is 0 Å². The van der Waals surface area contributed by atoms with Gasteiger partial charge in [-0.15, -0.1) is 0 Å². The van der Waals surface area contributed by atoms with E-state index in [1.807, 2.05) is 19.0 Å². The summed E-state index contributed by atoms with van der Waals surface area (Å²) in [5, 5.41) is 19.7. The van der Waals surface area contributed by atoms with Gasteiger partial charge < -0.3 is 20.0 Å². The number of likely N-dealkylation sites (N-methyl/N-ethyl adjacent to an activating group) is 1. The summed E-state index contributed by atoms with van der Waals surface area (Å²) in [6, 6.07) is 0. The molecule has 0 rings (SSSR count). The maximum absolute atomic E-state index is 13.0. The van der Waals surface area contributed by atoms with Gasteiger partial charge in [0, 0.05) is 13.1 Å². The molecule has 7 nitrogen and oxygen atoms in total. The van der Waals surface area contributed by atoms with Crippen molar-refractivity contribution >= 4 is 17.8 Å². The molecule has 7 heteroatoms. The second kappa shape index (κ2) is 29.1. The van der Waals surface area contributed by atoms with Crippen LogP contribution in [-0.4, -0.2) is 71.6 Å². The predicted octanol–water partition coefficient (Wildman–Crippen LogP) is 9.18. The molecular weight excluding hydrogens is 540 g/mol. The van der Waals surface area contributed by atoms with Gasteiger partial charge in [0.25, 0.3) is 0 Å². The highest BCUT2D eigenvalue weighted by molar-refractivity contribution is 5.78. The lowest BCUT2D eigenvalue weighted by Crippen LogP contribution is -2.40. The Labute approximate surface area is 265 Å². The minimum absolute atomic E-state index is 0.0591. The quantitative estimate of drug-likeness (QED) is 0.0737. The zero-order valence-corrected chi connectivity index (χ0v) is 28.8. The van der Waals surface area contributed by atoms with E-state index in [9.17, 15) is 24.6 Å². The lowest BCUT2D eigenvalue weighted by molar-refractivity contribution is -0.143. The van der Waals surface area contributed by atoms with Gasteiger partial charge >= 0.3 is 11.9 Å². The van der Waals surface area contributed by atoms with Crippen LogP contribution >= 0.6 is 0 Å². The molecule has 0 saturated heterocycles. The first-order valence-electron chi connectivity index (χ1n) is 18.1. The zero-order chi connectivity index (χ0) is 32.1. The summed E-state index contributed by atoms with van der Waals surface area (Å²) in [7, 11) is 3.68. The van der Waals surface area contributed by atoms with Gasteiger partial charge in [-0.1, -0.05) is 142 Å². The van der Waals surface area contributed by atoms with Crippen LogP contribution in [-0.2, 0) is 14.4 Å². The van der Waals surface area contributed by atoms with Crippen molar-refractivity contribution in [3.8, 4) is 0 Å². The molecule has 0 aromatic heterocycles. The average molecular weight is 611 g/mol. The van der Waals surface area contributed by atoms with Crippen molar-refractivity contribution in [2.45, 2.75) is 168 Å². The summed E-state index contributed by atoms with van der Waals surface area (Å²) >= 11 is 0. The molecule has 0 aliphatic carbocycles. The Morgan fingerprint density at radius 1 is 0.488 bits per heavy atom. The molecule has 0 saturated carbocycles. The van der Waals surface area contributed by atoms with Crippen molar-refractivity contribution in [2.75, 3.05) is 33.7 Å². The van der Waals surface area contributed by atoms with Crippen molar-refractivity contribution in [3.63, 3.8) is 0 Å². The van der Waals surface area contributed by atoms with Gasteiger partial charge in [0.1, 0.15) is 0 Å². The van der Waals surface area contributed by atoms with Crippen LogP contribution in [0, 0.1) is 11.8 Å². The molecule has 0 aliphatic rings. The van der Waals surface area contributed by atoms with Crippen molar-refractivity contribution in [1.29, 1.82) is 0 Å². The molecule has 2 atom stereocenters. The van der Waals surface area contributed by atoms with Crippen molar-refractivity contribution in [3.05, 3.63) is 0 Å². The van der Waals surface area contributed by atoms with E-state index in [4.69, 9.17) is 0 Å². The van der Waals surface area contributed by atoms with Crippen LogP contribution < -0.4 is 0 Å². The number of carbonyl (C=O) groups excluding carboxylic acids is 1. The number of aliphatic carboxylic acids is 2. The van der Waals surface area contributed by atoms with Gasteiger partial charge in [0.05, 0.1) is 18.4 Å². The standard InChI is InChI=1S/C36H70N2O5/c1-5-7-9-11-13-15-17-19-21-23-25-32(35(40)41)27-29-38(34(39)31-37(3)4)30-28-33(36(42)43)26-24-22-20-18-16-14-12-10-8-6-2/h32-33H,5-31H2,1-4H3,(H,40,41)(H,42,43). The number of carboxylic acid groups (broad SMARTS) is 2. The van der Waals surface area contributed by atoms with E-state index in [1.165, 1.54) is 89.9 Å². The highest BCUT2D eigenvalue weighted by Gasteiger charge is 2.24. The Bertz CT molecular complexity index is 639. The minimum atomic E-state index is -0.791. The van der Waals surface area contributed by atoms with Crippen LogP contribution in [0.1, 0.15) is 168 Å².